The van der Waals surface area contributed by atoms with Crippen LogP contribution in [0.3, 0.4) is 0 Å². The second-order valence-corrected chi connectivity index (χ2v) is 3.87. The summed E-state index contributed by atoms with van der Waals surface area (Å²) < 4.78 is 5.42. The maximum absolute atomic E-state index is 5.42. The van der Waals surface area contributed by atoms with Crippen LogP contribution in [-0.4, -0.2) is 24.2 Å². The average molecular weight is 208 g/mol. The van der Waals surface area contributed by atoms with E-state index in [1.54, 1.807) is 0 Å². The van der Waals surface area contributed by atoms with Crippen molar-refractivity contribution in [3.63, 3.8) is 0 Å². The van der Waals surface area contributed by atoms with Gasteiger partial charge in [-0.2, -0.15) is 0 Å². The number of nitrogens with one attached hydrogen (secondary N) is 1. The molecule has 0 spiro atoms. The molecule has 0 amide bonds. The average Bonchev–Trinajstić information content (AvgIpc) is 2.17. The van der Waals surface area contributed by atoms with Gasteiger partial charge in [0.25, 0.3) is 0 Å². The monoisotopic (exact) mass is 208 g/mol. The highest BCUT2D eigenvalue weighted by Crippen LogP contribution is 1.97. The Morgan fingerprint density at radius 2 is 2.20 bits per heavy atom. The van der Waals surface area contributed by atoms with Gasteiger partial charge in [0.1, 0.15) is 0 Å². The van der Waals surface area contributed by atoms with Gasteiger partial charge in [-0.1, -0.05) is 6.07 Å². The van der Waals surface area contributed by atoms with E-state index in [-0.39, 0.29) is 0 Å². The third-order valence-corrected chi connectivity index (χ3v) is 1.98. The Labute approximate surface area is 91.9 Å². The Bertz CT molecular complexity index is 287. The van der Waals surface area contributed by atoms with Crippen LogP contribution in [0.2, 0.25) is 0 Å². The summed E-state index contributed by atoms with van der Waals surface area (Å²) in [6.07, 6.45) is 0.309. The van der Waals surface area contributed by atoms with Crippen LogP contribution < -0.4 is 5.32 Å². The van der Waals surface area contributed by atoms with E-state index in [0.29, 0.717) is 6.10 Å². The van der Waals surface area contributed by atoms with Crippen molar-refractivity contribution < 1.29 is 4.74 Å². The lowest BCUT2D eigenvalue weighted by atomic mass is 10.3. The highest BCUT2D eigenvalue weighted by molar-refractivity contribution is 5.09. The van der Waals surface area contributed by atoms with Crippen molar-refractivity contribution in [3.05, 3.63) is 29.6 Å². The Balaban J connectivity index is 2.15. The zero-order chi connectivity index (χ0) is 11.1. The van der Waals surface area contributed by atoms with Gasteiger partial charge in [0.15, 0.2) is 0 Å². The van der Waals surface area contributed by atoms with Crippen molar-refractivity contribution in [1.82, 2.24) is 10.3 Å². The Hall–Kier alpha value is -0.930. The molecule has 0 radical (unpaired) electrons. The molecule has 1 aromatic heterocycles. The molecule has 0 aliphatic rings. The summed E-state index contributed by atoms with van der Waals surface area (Å²) in [7, 11) is 0. The van der Waals surface area contributed by atoms with E-state index in [1.165, 1.54) is 0 Å². The lowest BCUT2D eigenvalue weighted by molar-refractivity contribution is 0.0806. The molecular formula is C12H20N2O. The first-order valence-corrected chi connectivity index (χ1v) is 5.43. The molecule has 0 saturated heterocycles. The minimum absolute atomic E-state index is 0.309. The van der Waals surface area contributed by atoms with E-state index >= 15 is 0 Å². The largest absolute Gasteiger partial charge is 0.377 e. The summed E-state index contributed by atoms with van der Waals surface area (Å²) in [5.41, 5.74) is 2.15. The minimum atomic E-state index is 0.309. The molecule has 1 heterocycles. The molecule has 0 unspecified atom stereocenters. The van der Waals surface area contributed by atoms with Crippen molar-refractivity contribution in [2.75, 3.05) is 13.2 Å². The zero-order valence-electron chi connectivity index (χ0n) is 9.79. The Morgan fingerprint density at radius 1 is 1.40 bits per heavy atom. The van der Waals surface area contributed by atoms with Crippen LogP contribution in [0.1, 0.15) is 25.2 Å². The topological polar surface area (TPSA) is 34.1 Å². The normalized spacial score (nSPS) is 10.9. The van der Waals surface area contributed by atoms with Crippen LogP contribution in [0, 0.1) is 6.92 Å². The molecule has 0 aromatic carbocycles. The molecule has 0 bridgehead atoms. The molecule has 1 rings (SSSR count). The summed E-state index contributed by atoms with van der Waals surface area (Å²) in [5.74, 6) is 0. The summed E-state index contributed by atoms with van der Waals surface area (Å²) in [6, 6.07) is 6.07. The van der Waals surface area contributed by atoms with Crippen LogP contribution in [0.15, 0.2) is 18.2 Å². The van der Waals surface area contributed by atoms with Crippen LogP contribution in [0.25, 0.3) is 0 Å². The molecule has 1 N–H and O–H groups in total. The number of hydrogen-bond donors (Lipinski definition) is 1. The van der Waals surface area contributed by atoms with Crippen LogP contribution in [-0.2, 0) is 11.3 Å². The third kappa shape index (κ3) is 5.50. The molecule has 0 atom stereocenters. The molecule has 15 heavy (non-hydrogen) atoms. The standard InChI is InChI=1S/C12H20N2O/c1-10(2)15-8-7-13-9-12-6-4-5-11(3)14-12/h4-6,10,13H,7-9H2,1-3H3. The zero-order valence-corrected chi connectivity index (χ0v) is 9.79. The minimum Gasteiger partial charge on any atom is -0.377 e. The van der Waals surface area contributed by atoms with Gasteiger partial charge < -0.3 is 10.1 Å². The van der Waals surface area contributed by atoms with Crippen molar-refractivity contribution in [2.24, 2.45) is 0 Å². The Morgan fingerprint density at radius 3 is 2.87 bits per heavy atom. The number of aromatic nitrogens is 1. The molecule has 0 aliphatic heterocycles. The SMILES string of the molecule is Cc1cccc(CNCCOC(C)C)n1. The summed E-state index contributed by atoms with van der Waals surface area (Å²) in [4.78, 5) is 4.40. The Kier molecular flexibility index (Phi) is 5.29. The molecule has 0 aliphatic carbocycles. The van der Waals surface area contributed by atoms with Crippen molar-refractivity contribution in [3.8, 4) is 0 Å². The van der Waals surface area contributed by atoms with Gasteiger partial charge in [-0.15, -0.1) is 0 Å². The maximum Gasteiger partial charge on any atom is 0.0594 e. The fraction of sp³-hybridized carbons (Fsp3) is 0.583. The smallest absolute Gasteiger partial charge is 0.0594 e. The molecular weight excluding hydrogens is 188 g/mol. The van der Waals surface area contributed by atoms with Crippen LogP contribution in [0.4, 0.5) is 0 Å². The maximum atomic E-state index is 5.42. The van der Waals surface area contributed by atoms with Crippen LogP contribution >= 0.6 is 0 Å². The first-order valence-electron chi connectivity index (χ1n) is 5.43. The van der Waals surface area contributed by atoms with E-state index in [2.05, 4.69) is 10.3 Å². The highest BCUT2D eigenvalue weighted by Gasteiger charge is 1.95. The third-order valence-electron chi connectivity index (χ3n) is 1.98. The number of rotatable bonds is 6. The first kappa shape index (κ1) is 12.1. The van der Waals surface area contributed by atoms with Gasteiger partial charge in [0.2, 0.25) is 0 Å². The number of ether oxygens (including phenoxy) is 1. The van der Waals surface area contributed by atoms with E-state index in [4.69, 9.17) is 4.74 Å². The van der Waals surface area contributed by atoms with E-state index < -0.39 is 0 Å². The molecule has 1 aromatic rings. The predicted molar refractivity (Wildman–Crippen MR) is 61.8 cm³/mol. The predicted octanol–water partition coefficient (Wildman–Crippen LogP) is 1.90. The van der Waals surface area contributed by atoms with Gasteiger partial charge in [0, 0.05) is 18.8 Å². The summed E-state index contributed by atoms with van der Waals surface area (Å²) >= 11 is 0. The lowest BCUT2D eigenvalue weighted by Gasteiger charge is -2.08. The van der Waals surface area contributed by atoms with Gasteiger partial charge in [0.05, 0.1) is 18.4 Å². The second kappa shape index (κ2) is 6.53. The summed E-state index contributed by atoms with van der Waals surface area (Å²) in [6.45, 7) is 8.52. The highest BCUT2D eigenvalue weighted by atomic mass is 16.5. The van der Waals surface area contributed by atoms with Gasteiger partial charge in [-0.25, -0.2) is 0 Å². The fourth-order valence-electron chi connectivity index (χ4n) is 1.28. The van der Waals surface area contributed by atoms with Gasteiger partial charge >= 0.3 is 0 Å². The number of aryl methyl sites for hydroxylation is 1. The first-order chi connectivity index (χ1) is 7.18. The van der Waals surface area contributed by atoms with Crippen LogP contribution in [0.5, 0.6) is 0 Å². The molecule has 3 heteroatoms. The second-order valence-electron chi connectivity index (χ2n) is 3.87. The number of nitrogens with zero attached hydrogens (tertiary/aromatic N) is 1. The van der Waals surface area contributed by atoms with E-state index in [0.717, 1.165) is 31.1 Å². The van der Waals surface area contributed by atoms with Crippen molar-refractivity contribution in [1.29, 1.82) is 0 Å². The number of hydrogen-bond acceptors (Lipinski definition) is 3. The molecule has 84 valence electrons. The van der Waals surface area contributed by atoms with Gasteiger partial charge in [-0.05, 0) is 32.9 Å². The van der Waals surface area contributed by atoms with Gasteiger partial charge in [-0.3, -0.25) is 4.98 Å². The summed E-state index contributed by atoms with van der Waals surface area (Å²) in [5, 5.41) is 3.30. The van der Waals surface area contributed by atoms with Crippen molar-refractivity contribution in [2.45, 2.75) is 33.4 Å². The fourth-order valence-corrected chi connectivity index (χ4v) is 1.28. The quantitative estimate of drug-likeness (QED) is 0.725. The van der Waals surface area contributed by atoms with Crippen molar-refractivity contribution >= 4 is 0 Å². The lowest BCUT2D eigenvalue weighted by Crippen LogP contribution is -2.21. The molecule has 0 saturated carbocycles. The molecule has 0 fully saturated rings. The number of pyridine rings is 1. The van der Waals surface area contributed by atoms with E-state index in [9.17, 15) is 0 Å². The van der Waals surface area contributed by atoms with E-state index in [1.807, 2.05) is 39.0 Å². The molecule has 3 nitrogen and oxygen atoms in total.